The van der Waals surface area contributed by atoms with Crippen molar-refractivity contribution in [2.24, 2.45) is 0 Å². The van der Waals surface area contributed by atoms with E-state index < -0.39 is 6.10 Å². The molecule has 156 valence electrons. The monoisotopic (exact) mass is 426 g/mol. The molecule has 1 amide bonds. The molecule has 1 atom stereocenters. The molecule has 0 spiro atoms. The number of para-hydroxylation sites is 2. The van der Waals surface area contributed by atoms with E-state index in [1.165, 1.54) is 11.3 Å². The molecule has 3 heterocycles. The number of nitrogens with zero attached hydrogens (tertiary/aromatic N) is 2. The summed E-state index contributed by atoms with van der Waals surface area (Å²) in [6.07, 6.45) is 0.960. The maximum atomic E-state index is 12.9. The van der Waals surface area contributed by atoms with Crippen molar-refractivity contribution in [3.63, 3.8) is 0 Å². The summed E-state index contributed by atoms with van der Waals surface area (Å²) in [5.74, 6) is 2.07. The number of benzene rings is 2. The first kappa shape index (κ1) is 19.0. The van der Waals surface area contributed by atoms with Gasteiger partial charge in [0.05, 0.1) is 17.3 Å². The normalized spacial score (nSPS) is 19.0. The first-order chi connectivity index (χ1) is 14.7. The summed E-state index contributed by atoms with van der Waals surface area (Å²) in [6.45, 7) is 1.49. The van der Waals surface area contributed by atoms with E-state index in [1.807, 2.05) is 47.4 Å². The first-order valence-corrected chi connectivity index (χ1v) is 10.8. The Kier molecular flexibility index (Phi) is 5.08. The van der Waals surface area contributed by atoms with Gasteiger partial charge >= 0.3 is 0 Å². The van der Waals surface area contributed by atoms with Gasteiger partial charge in [-0.25, -0.2) is 4.98 Å². The second-order valence-electron chi connectivity index (χ2n) is 7.32. The lowest BCUT2D eigenvalue weighted by Crippen LogP contribution is -2.50. The van der Waals surface area contributed by atoms with Crippen LogP contribution >= 0.6 is 11.3 Å². The molecule has 1 aromatic heterocycles. The van der Waals surface area contributed by atoms with Gasteiger partial charge in [-0.1, -0.05) is 23.5 Å². The SMILES string of the molecule is COc1ccc2nc(OC3CCN(C(=O)C4COc5ccccc5O4)CC3)sc2c1. The molecule has 1 unspecified atom stereocenters. The molecular weight excluding hydrogens is 404 g/mol. The molecule has 0 radical (unpaired) electrons. The van der Waals surface area contributed by atoms with Crippen LogP contribution in [0.1, 0.15) is 12.8 Å². The molecule has 30 heavy (non-hydrogen) atoms. The molecular formula is C22H22N2O5S. The van der Waals surface area contributed by atoms with Crippen molar-refractivity contribution in [2.45, 2.75) is 25.0 Å². The first-order valence-electron chi connectivity index (χ1n) is 9.98. The summed E-state index contributed by atoms with van der Waals surface area (Å²) < 4.78 is 23.9. The molecule has 2 aliphatic rings. The number of thiazole rings is 1. The Morgan fingerprint density at radius 3 is 2.77 bits per heavy atom. The van der Waals surface area contributed by atoms with Gasteiger partial charge < -0.3 is 23.8 Å². The second kappa shape index (κ2) is 8.02. The van der Waals surface area contributed by atoms with E-state index in [2.05, 4.69) is 4.98 Å². The number of carbonyl (C=O) groups is 1. The number of amides is 1. The van der Waals surface area contributed by atoms with Gasteiger partial charge in [0.25, 0.3) is 11.1 Å². The number of hydrogen-bond acceptors (Lipinski definition) is 7. The van der Waals surface area contributed by atoms with Crippen molar-refractivity contribution in [2.75, 3.05) is 26.8 Å². The highest BCUT2D eigenvalue weighted by molar-refractivity contribution is 7.20. The average molecular weight is 426 g/mol. The Bertz CT molecular complexity index is 1060. The van der Waals surface area contributed by atoms with Crippen LogP contribution in [0.2, 0.25) is 0 Å². The van der Waals surface area contributed by atoms with Crippen LogP contribution in [0, 0.1) is 0 Å². The molecule has 0 aliphatic carbocycles. The molecule has 2 aromatic carbocycles. The molecule has 5 rings (SSSR count). The topological polar surface area (TPSA) is 70.1 Å². The predicted octanol–water partition coefficient (Wildman–Crippen LogP) is 3.51. The van der Waals surface area contributed by atoms with Crippen LogP contribution in [-0.4, -0.2) is 54.8 Å². The van der Waals surface area contributed by atoms with Crippen LogP contribution in [0.4, 0.5) is 0 Å². The van der Waals surface area contributed by atoms with Gasteiger partial charge in [0.15, 0.2) is 11.5 Å². The maximum absolute atomic E-state index is 12.9. The third kappa shape index (κ3) is 3.75. The molecule has 0 bridgehead atoms. The van der Waals surface area contributed by atoms with Crippen molar-refractivity contribution >= 4 is 27.5 Å². The van der Waals surface area contributed by atoms with Crippen molar-refractivity contribution in [3.8, 4) is 22.4 Å². The molecule has 3 aromatic rings. The average Bonchev–Trinajstić information content (AvgIpc) is 3.20. The Balaban J connectivity index is 1.17. The third-order valence-corrected chi connectivity index (χ3v) is 6.29. The van der Waals surface area contributed by atoms with Crippen LogP contribution < -0.4 is 18.9 Å². The van der Waals surface area contributed by atoms with E-state index in [0.29, 0.717) is 29.8 Å². The lowest BCUT2D eigenvalue weighted by Gasteiger charge is -2.35. The largest absolute Gasteiger partial charge is 0.497 e. The van der Waals surface area contributed by atoms with Crippen LogP contribution in [0.5, 0.6) is 22.4 Å². The molecule has 1 fully saturated rings. The van der Waals surface area contributed by atoms with Crippen LogP contribution in [0.15, 0.2) is 42.5 Å². The highest BCUT2D eigenvalue weighted by atomic mass is 32.1. The zero-order valence-corrected chi connectivity index (χ0v) is 17.4. The second-order valence-corrected chi connectivity index (χ2v) is 8.31. The lowest BCUT2D eigenvalue weighted by atomic mass is 10.1. The fourth-order valence-corrected chi connectivity index (χ4v) is 4.65. The van der Waals surface area contributed by atoms with E-state index in [4.69, 9.17) is 18.9 Å². The minimum absolute atomic E-state index is 0.0324. The summed E-state index contributed by atoms with van der Waals surface area (Å²) in [5.41, 5.74) is 0.901. The fraction of sp³-hybridized carbons (Fsp3) is 0.364. The van der Waals surface area contributed by atoms with E-state index >= 15 is 0 Å². The molecule has 1 saturated heterocycles. The maximum Gasteiger partial charge on any atom is 0.274 e. The Morgan fingerprint density at radius 2 is 1.97 bits per heavy atom. The Hall–Kier alpha value is -3.00. The van der Waals surface area contributed by atoms with Gasteiger partial charge in [-0.2, -0.15) is 0 Å². The number of methoxy groups -OCH3 is 1. The van der Waals surface area contributed by atoms with E-state index in [0.717, 1.165) is 28.8 Å². The van der Waals surface area contributed by atoms with Crippen molar-refractivity contribution in [1.29, 1.82) is 0 Å². The Morgan fingerprint density at radius 1 is 1.17 bits per heavy atom. The number of piperidine rings is 1. The van der Waals surface area contributed by atoms with Crippen molar-refractivity contribution in [3.05, 3.63) is 42.5 Å². The van der Waals surface area contributed by atoms with Gasteiger partial charge in [-0.05, 0) is 30.3 Å². The summed E-state index contributed by atoms with van der Waals surface area (Å²) in [5, 5.41) is 0.656. The van der Waals surface area contributed by atoms with Gasteiger partial charge in [-0.15, -0.1) is 0 Å². The minimum Gasteiger partial charge on any atom is -0.497 e. The smallest absolute Gasteiger partial charge is 0.274 e. The minimum atomic E-state index is -0.600. The number of fused-ring (bicyclic) bond motifs is 2. The predicted molar refractivity (Wildman–Crippen MR) is 113 cm³/mol. The Labute approximate surface area is 178 Å². The molecule has 8 heteroatoms. The van der Waals surface area contributed by atoms with Crippen LogP contribution in [-0.2, 0) is 4.79 Å². The van der Waals surface area contributed by atoms with Gasteiger partial charge in [0.1, 0.15) is 18.5 Å². The molecule has 7 nitrogen and oxygen atoms in total. The lowest BCUT2D eigenvalue weighted by molar-refractivity contribution is -0.143. The number of ether oxygens (including phenoxy) is 4. The van der Waals surface area contributed by atoms with Crippen LogP contribution in [0.25, 0.3) is 10.2 Å². The van der Waals surface area contributed by atoms with Crippen molar-refractivity contribution in [1.82, 2.24) is 9.88 Å². The third-order valence-electron chi connectivity index (χ3n) is 5.38. The highest BCUT2D eigenvalue weighted by Crippen LogP contribution is 2.33. The van der Waals surface area contributed by atoms with Crippen molar-refractivity contribution < 1.29 is 23.7 Å². The van der Waals surface area contributed by atoms with E-state index in [9.17, 15) is 4.79 Å². The molecule has 2 aliphatic heterocycles. The fourth-order valence-electron chi connectivity index (χ4n) is 3.74. The zero-order valence-electron chi connectivity index (χ0n) is 16.6. The summed E-state index contributed by atoms with van der Waals surface area (Å²) in [7, 11) is 1.65. The highest BCUT2D eigenvalue weighted by Gasteiger charge is 2.33. The van der Waals surface area contributed by atoms with E-state index in [-0.39, 0.29) is 18.6 Å². The number of likely N-dealkylation sites (tertiary alicyclic amines) is 1. The van der Waals surface area contributed by atoms with Gasteiger partial charge in [0.2, 0.25) is 6.10 Å². The number of rotatable bonds is 4. The molecule has 0 saturated carbocycles. The van der Waals surface area contributed by atoms with Gasteiger partial charge in [0, 0.05) is 25.9 Å². The number of aromatic nitrogens is 1. The van der Waals surface area contributed by atoms with Crippen LogP contribution in [0.3, 0.4) is 0 Å². The molecule has 0 N–H and O–H groups in total. The summed E-state index contributed by atoms with van der Waals surface area (Å²) in [4.78, 5) is 19.3. The number of carbonyl (C=O) groups excluding carboxylic acids is 1. The van der Waals surface area contributed by atoms with Gasteiger partial charge in [-0.3, -0.25) is 4.79 Å². The quantitative estimate of drug-likeness (QED) is 0.636. The summed E-state index contributed by atoms with van der Waals surface area (Å²) >= 11 is 1.51. The number of hydrogen-bond donors (Lipinski definition) is 0. The van der Waals surface area contributed by atoms with E-state index in [1.54, 1.807) is 7.11 Å². The summed E-state index contributed by atoms with van der Waals surface area (Å²) in [6, 6.07) is 13.2. The standard InChI is InChI=1S/C22H22N2O5S/c1-26-15-6-7-16-20(12-15)30-22(23-16)28-14-8-10-24(11-9-14)21(25)19-13-27-17-4-2-3-5-18(17)29-19/h2-7,12,14,19H,8-11,13H2,1H3. The zero-order chi connectivity index (χ0) is 20.5.